The predicted octanol–water partition coefficient (Wildman–Crippen LogP) is 3.34. The van der Waals surface area contributed by atoms with Crippen molar-refractivity contribution in [3.05, 3.63) is 36.0 Å². The number of benzene rings is 1. The molecule has 0 N–H and O–H groups in total. The van der Waals surface area contributed by atoms with Crippen molar-refractivity contribution in [1.29, 1.82) is 0 Å². The zero-order valence-corrected chi connectivity index (χ0v) is 9.81. The molecule has 0 amide bonds. The van der Waals surface area contributed by atoms with Gasteiger partial charge in [0.1, 0.15) is 0 Å². The number of ether oxygens (including phenoxy) is 1. The lowest BCUT2D eigenvalue weighted by molar-refractivity contribution is -0.0213. The molecule has 1 aliphatic rings. The Morgan fingerprint density at radius 1 is 1.25 bits per heavy atom. The van der Waals surface area contributed by atoms with Crippen LogP contribution in [0.5, 0.6) is 0 Å². The second-order valence-electron chi connectivity index (χ2n) is 4.89. The number of hydrogen-bond donors (Lipinski definition) is 0. The molecule has 3 rings (SSSR count). The first kappa shape index (κ1) is 9.91. The second-order valence-corrected chi connectivity index (χ2v) is 4.89. The van der Waals surface area contributed by atoms with E-state index in [1.807, 2.05) is 0 Å². The van der Waals surface area contributed by atoms with Crippen molar-refractivity contribution >= 4 is 10.9 Å². The Balaban J connectivity index is 2.11. The van der Waals surface area contributed by atoms with Crippen LogP contribution in [0.2, 0.25) is 0 Å². The summed E-state index contributed by atoms with van der Waals surface area (Å²) in [5.74, 6) is 0.588. The smallest absolute Gasteiger partial charge is 0.0803 e. The molecule has 0 atom stereocenters. The second kappa shape index (κ2) is 3.63. The van der Waals surface area contributed by atoms with Gasteiger partial charge in [-0.15, -0.1) is 0 Å². The molecule has 2 aromatic rings. The van der Waals surface area contributed by atoms with Gasteiger partial charge in [-0.2, -0.15) is 0 Å². The molecule has 1 saturated heterocycles. The molecule has 0 spiro atoms. The lowest BCUT2D eigenvalue weighted by Crippen LogP contribution is -2.30. The Kier molecular flexibility index (Phi) is 2.25. The van der Waals surface area contributed by atoms with E-state index in [2.05, 4.69) is 48.9 Å². The van der Waals surface area contributed by atoms with E-state index in [-0.39, 0.29) is 0 Å². The topological polar surface area (TPSA) is 14.2 Å². The van der Waals surface area contributed by atoms with Crippen molar-refractivity contribution in [1.82, 2.24) is 4.57 Å². The Morgan fingerprint density at radius 2 is 2.06 bits per heavy atom. The molecular formula is C14H17NO. The van der Waals surface area contributed by atoms with Gasteiger partial charge in [0.2, 0.25) is 0 Å². The maximum atomic E-state index is 5.26. The van der Waals surface area contributed by atoms with Crippen LogP contribution in [0.15, 0.2) is 30.5 Å². The zero-order valence-electron chi connectivity index (χ0n) is 9.81. The summed E-state index contributed by atoms with van der Waals surface area (Å²) < 4.78 is 7.62. The molecule has 16 heavy (non-hydrogen) atoms. The molecule has 0 bridgehead atoms. The SMILES string of the molecule is CC(C)c1ccc2ccn(C3COC3)c2c1. The summed E-state index contributed by atoms with van der Waals surface area (Å²) in [7, 11) is 0. The molecule has 2 heteroatoms. The molecule has 1 aromatic heterocycles. The molecule has 0 radical (unpaired) electrons. The predicted molar refractivity (Wildman–Crippen MR) is 65.9 cm³/mol. The van der Waals surface area contributed by atoms with Gasteiger partial charge in [-0.25, -0.2) is 0 Å². The van der Waals surface area contributed by atoms with E-state index >= 15 is 0 Å². The van der Waals surface area contributed by atoms with Crippen LogP contribution in [-0.4, -0.2) is 17.8 Å². The molecule has 0 unspecified atom stereocenters. The van der Waals surface area contributed by atoms with E-state index in [0.717, 1.165) is 13.2 Å². The van der Waals surface area contributed by atoms with Crippen LogP contribution in [0.4, 0.5) is 0 Å². The molecule has 84 valence electrons. The number of aromatic nitrogens is 1. The first-order valence-corrected chi connectivity index (χ1v) is 5.94. The first-order valence-electron chi connectivity index (χ1n) is 5.94. The molecule has 0 aliphatic carbocycles. The number of fused-ring (bicyclic) bond motifs is 1. The van der Waals surface area contributed by atoms with Crippen molar-refractivity contribution in [3.8, 4) is 0 Å². The fraction of sp³-hybridized carbons (Fsp3) is 0.429. The number of rotatable bonds is 2. The van der Waals surface area contributed by atoms with Crippen LogP contribution in [0.3, 0.4) is 0 Å². The summed E-state index contributed by atoms with van der Waals surface area (Å²) in [5, 5.41) is 1.33. The van der Waals surface area contributed by atoms with Crippen LogP contribution in [0.1, 0.15) is 31.4 Å². The molecule has 1 aromatic carbocycles. The molecular weight excluding hydrogens is 198 g/mol. The van der Waals surface area contributed by atoms with Crippen molar-refractivity contribution in [3.63, 3.8) is 0 Å². The maximum absolute atomic E-state index is 5.26. The quantitative estimate of drug-likeness (QED) is 0.749. The highest BCUT2D eigenvalue weighted by Crippen LogP contribution is 2.27. The normalized spacial score (nSPS) is 16.9. The Bertz CT molecular complexity index is 508. The summed E-state index contributed by atoms with van der Waals surface area (Å²) in [6.07, 6.45) is 2.18. The standard InChI is InChI=1S/C14H17NO/c1-10(2)12-4-3-11-5-6-15(14(11)7-12)13-8-16-9-13/h3-7,10,13H,8-9H2,1-2H3. The van der Waals surface area contributed by atoms with Crippen LogP contribution in [0.25, 0.3) is 10.9 Å². The van der Waals surface area contributed by atoms with Gasteiger partial charge in [0, 0.05) is 11.7 Å². The van der Waals surface area contributed by atoms with Gasteiger partial charge in [-0.3, -0.25) is 0 Å². The summed E-state index contributed by atoms with van der Waals surface area (Å²) in [4.78, 5) is 0. The Hall–Kier alpha value is -1.28. The summed E-state index contributed by atoms with van der Waals surface area (Å²) in [6, 6.07) is 9.51. The van der Waals surface area contributed by atoms with Gasteiger partial charge < -0.3 is 9.30 Å². The van der Waals surface area contributed by atoms with Gasteiger partial charge in [-0.05, 0) is 29.0 Å². The molecule has 1 aliphatic heterocycles. The highest BCUT2D eigenvalue weighted by atomic mass is 16.5. The fourth-order valence-electron chi connectivity index (χ4n) is 2.23. The van der Waals surface area contributed by atoms with E-state index in [1.54, 1.807) is 0 Å². The lowest BCUT2D eigenvalue weighted by Gasteiger charge is -2.28. The van der Waals surface area contributed by atoms with Crippen molar-refractivity contribution < 1.29 is 4.74 Å². The third-order valence-electron chi connectivity index (χ3n) is 3.43. The largest absolute Gasteiger partial charge is 0.377 e. The van der Waals surface area contributed by atoms with E-state index in [1.165, 1.54) is 16.5 Å². The minimum atomic E-state index is 0.542. The minimum Gasteiger partial charge on any atom is -0.377 e. The van der Waals surface area contributed by atoms with E-state index < -0.39 is 0 Å². The van der Waals surface area contributed by atoms with Gasteiger partial charge in [0.25, 0.3) is 0 Å². The highest BCUT2D eigenvalue weighted by molar-refractivity contribution is 5.81. The summed E-state index contributed by atoms with van der Waals surface area (Å²) in [5.41, 5.74) is 2.76. The lowest BCUT2D eigenvalue weighted by atomic mass is 10.0. The van der Waals surface area contributed by atoms with Crippen molar-refractivity contribution in [2.24, 2.45) is 0 Å². The van der Waals surface area contributed by atoms with Gasteiger partial charge in [0.05, 0.1) is 19.3 Å². The van der Waals surface area contributed by atoms with Crippen molar-refractivity contribution in [2.75, 3.05) is 13.2 Å². The van der Waals surface area contributed by atoms with E-state index in [4.69, 9.17) is 4.74 Å². The fourth-order valence-corrected chi connectivity index (χ4v) is 2.23. The number of hydrogen-bond acceptors (Lipinski definition) is 1. The molecule has 2 heterocycles. The third kappa shape index (κ3) is 1.45. The zero-order chi connectivity index (χ0) is 11.1. The van der Waals surface area contributed by atoms with Crippen LogP contribution >= 0.6 is 0 Å². The monoisotopic (exact) mass is 215 g/mol. The van der Waals surface area contributed by atoms with Crippen LogP contribution < -0.4 is 0 Å². The van der Waals surface area contributed by atoms with Gasteiger partial charge in [-0.1, -0.05) is 26.0 Å². The van der Waals surface area contributed by atoms with Crippen molar-refractivity contribution in [2.45, 2.75) is 25.8 Å². The molecule has 2 nitrogen and oxygen atoms in total. The highest BCUT2D eigenvalue weighted by Gasteiger charge is 2.21. The van der Waals surface area contributed by atoms with Crippen LogP contribution in [0, 0.1) is 0 Å². The van der Waals surface area contributed by atoms with E-state index in [9.17, 15) is 0 Å². The van der Waals surface area contributed by atoms with Gasteiger partial charge >= 0.3 is 0 Å². The van der Waals surface area contributed by atoms with Crippen LogP contribution in [-0.2, 0) is 4.74 Å². The van der Waals surface area contributed by atoms with Gasteiger partial charge in [0.15, 0.2) is 0 Å². The average molecular weight is 215 g/mol. The molecule has 1 fully saturated rings. The Labute approximate surface area is 95.8 Å². The molecule has 0 saturated carbocycles. The maximum Gasteiger partial charge on any atom is 0.0803 e. The Morgan fingerprint density at radius 3 is 2.69 bits per heavy atom. The third-order valence-corrected chi connectivity index (χ3v) is 3.43. The summed E-state index contributed by atoms with van der Waals surface area (Å²) >= 11 is 0. The summed E-state index contributed by atoms with van der Waals surface area (Å²) in [6.45, 7) is 6.19. The minimum absolute atomic E-state index is 0.542. The van der Waals surface area contributed by atoms with E-state index in [0.29, 0.717) is 12.0 Å². The average Bonchev–Trinajstić information content (AvgIpc) is 2.59. The number of nitrogens with zero attached hydrogens (tertiary/aromatic N) is 1. The first-order chi connectivity index (χ1) is 7.75.